The molecule has 2 amide bonds. The lowest BCUT2D eigenvalue weighted by atomic mass is 9.37. The molecule has 4 rings (SSSR count). The minimum Gasteiger partial charge on any atom is -0.342 e. The third-order valence-electron chi connectivity index (χ3n) is 13.2. The van der Waals surface area contributed by atoms with E-state index >= 15 is 0 Å². The van der Waals surface area contributed by atoms with Crippen molar-refractivity contribution in [1.82, 2.24) is 10.2 Å². The second kappa shape index (κ2) is 9.91. The van der Waals surface area contributed by atoms with Gasteiger partial charge >= 0.3 is 6.03 Å². The summed E-state index contributed by atoms with van der Waals surface area (Å²) in [6, 6.07) is 2.14. The predicted molar refractivity (Wildman–Crippen MR) is 164 cm³/mol. The molecule has 1 N–H and O–H groups in total. The molecule has 3 fully saturated rings. The van der Waals surface area contributed by atoms with Crippen molar-refractivity contribution in [3.63, 3.8) is 0 Å². The highest BCUT2D eigenvalue weighted by atomic mass is 16.6. The number of nitriles is 1. The first-order valence-electron chi connectivity index (χ1n) is 16.0. The van der Waals surface area contributed by atoms with Crippen LogP contribution in [0.1, 0.15) is 114 Å². The van der Waals surface area contributed by atoms with E-state index in [1.54, 1.807) is 19.0 Å². The SMILES string of the molecule is CCC(C)(C)CC[C@@](C)(CC[C@]1(C)C(C)C(=O)C=C2[C@@]3(C)[C@H]4O[C@@]4(C#N)C(=O)C(C)(C)[C@@H]3CC[C@]21C)NC(=O)N(C)C. The van der Waals surface area contributed by atoms with Gasteiger partial charge in [0.15, 0.2) is 11.6 Å². The summed E-state index contributed by atoms with van der Waals surface area (Å²) < 4.78 is 6.10. The monoisotopic (exact) mass is 581 g/mol. The number of carbonyl (C=O) groups is 3. The lowest BCUT2D eigenvalue weighted by molar-refractivity contribution is -0.146. The fourth-order valence-corrected chi connectivity index (χ4v) is 9.13. The largest absolute Gasteiger partial charge is 0.342 e. The van der Waals surface area contributed by atoms with Crippen LogP contribution in [-0.4, -0.2) is 53.8 Å². The highest BCUT2D eigenvalue weighted by molar-refractivity contribution is 6.00. The van der Waals surface area contributed by atoms with E-state index in [9.17, 15) is 19.6 Å². The average molecular weight is 582 g/mol. The van der Waals surface area contributed by atoms with Crippen LogP contribution < -0.4 is 5.32 Å². The van der Waals surface area contributed by atoms with E-state index in [1.807, 2.05) is 19.9 Å². The van der Waals surface area contributed by atoms with Crippen molar-refractivity contribution in [1.29, 1.82) is 5.26 Å². The Morgan fingerprint density at radius 2 is 1.74 bits per heavy atom. The van der Waals surface area contributed by atoms with Crippen molar-refractivity contribution >= 4 is 17.6 Å². The summed E-state index contributed by atoms with van der Waals surface area (Å²) in [6.45, 7) is 21.6. The summed E-state index contributed by atoms with van der Waals surface area (Å²) in [5.41, 5.74) is -2.67. The zero-order chi connectivity index (χ0) is 31.9. The van der Waals surface area contributed by atoms with Crippen LogP contribution in [0.2, 0.25) is 0 Å². The molecule has 3 aliphatic carbocycles. The van der Waals surface area contributed by atoms with Gasteiger partial charge in [0.05, 0.1) is 0 Å². The third kappa shape index (κ3) is 4.49. The number of nitrogens with one attached hydrogen (secondary N) is 1. The standard InChI is InChI=1S/C35H55N3O4/c1-13-29(3,4)16-17-31(7,37-28(41)38(11)12)18-19-32(8)22(2)23(39)20-25-33(32,9)15-14-24-30(5,6)26(40)35(21-36)27(42-35)34(24,25)10/h20,22,24,27H,13-19H2,1-12H3,(H,37,41)/t22?,24-,27+,31-,32+,33+,34-,35-/m0/s1. The summed E-state index contributed by atoms with van der Waals surface area (Å²) in [7, 11) is 3.54. The molecule has 0 spiro atoms. The summed E-state index contributed by atoms with van der Waals surface area (Å²) >= 11 is 0. The maximum absolute atomic E-state index is 13.9. The summed E-state index contributed by atoms with van der Waals surface area (Å²) in [6.07, 6.45) is 7.44. The molecule has 4 aliphatic rings. The summed E-state index contributed by atoms with van der Waals surface area (Å²) in [5, 5.41) is 13.5. The second-order valence-electron chi connectivity index (χ2n) is 16.6. The molecule has 1 unspecified atom stereocenters. The molecule has 1 heterocycles. The molecule has 42 heavy (non-hydrogen) atoms. The van der Waals surface area contributed by atoms with E-state index in [0.717, 1.165) is 50.5 Å². The Morgan fingerprint density at radius 3 is 2.29 bits per heavy atom. The number of ketones is 2. The van der Waals surface area contributed by atoms with E-state index in [2.05, 4.69) is 66.8 Å². The van der Waals surface area contributed by atoms with Gasteiger partial charge in [-0.3, -0.25) is 9.59 Å². The predicted octanol–water partition coefficient (Wildman–Crippen LogP) is 6.86. The van der Waals surface area contributed by atoms with Gasteiger partial charge in [-0.25, -0.2) is 4.79 Å². The molecule has 0 aromatic heterocycles. The van der Waals surface area contributed by atoms with Gasteiger partial charge in [0.25, 0.3) is 0 Å². The van der Waals surface area contributed by atoms with Gasteiger partial charge in [-0.15, -0.1) is 0 Å². The van der Waals surface area contributed by atoms with Crippen molar-refractivity contribution in [2.75, 3.05) is 14.1 Å². The van der Waals surface area contributed by atoms with Crippen LogP contribution >= 0.6 is 0 Å². The molecule has 0 radical (unpaired) electrons. The van der Waals surface area contributed by atoms with Crippen LogP contribution in [0, 0.1) is 50.2 Å². The van der Waals surface area contributed by atoms with Crippen molar-refractivity contribution in [2.45, 2.75) is 131 Å². The van der Waals surface area contributed by atoms with Crippen LogP contribution in [0.25, 0.3) is 0 Å². The number of urea groups is 1. The van der Waals surface area contributed by atoms with Crippen LogP contribution in [0.5, 0.6) is 0 Å². The second-order valence-corrected chi connectivity index (χ2v) is 16.6. The third-order valence-corrected chi connectivity index (χ3v) is 13.2. The van der Waals surface area contributed by atoms with Crippen molar-refractivity contribution in [3.8, 4) is 6.07 Å². The normalized spacial score (nSPS) is 40.0. The number of epoxide rings is 1. The Morgan fingerprint density at radius 1 is 1.12 bits per heavy atom. The van der Waals surface area contributed by atoms with Crippen LogP contribution in [0.3, 0.4) is 0 Å². The molecule has 0 bridgehead atoms. The van der Waals surface area contributed by atoms with E-state index in [4.69, 9.17) is 4.74 Å². The minimum atomic E-state index is -1.42. The number of hydrogen-bond donors (Lipinski definition) is 1. The fraction of sp³-hybridized carbons (Fsp3) is 0.829. The number of allylic oxidation sites excluding steroid dienone is 1. The molecular weight excluding hydrogens is 526 g/mol. The van der Waals surface area contributed by atoms with Crippen LogP contribution in [0.4, 0.5) is 4.79 Å². The zero-order valence-electron chi connectivity index (χ0n) is 28.3. The van der Waals surface area contributed by atoms with E-state index < -0.39 is 28.1 Å². The molecule has 1 saturated heterocycles. The van der Waals surface area contributed by atoms with Gasteiger partial charge < -0.3 is 15.0 Å². The smallest absolute Gasteiger partial charge is 0.317 e. The molecule has 7 nitrogen and oxygen atoms in total. The first-order chi connectivity index (χ1) is 19.1. The minimum absolute atomic E-state index is 0.0165. The van der Waals surface area contributed by atoms with Gasteiger partial charge in [-0.2, -0.15) is 5.26 Å². The maximum atomic E-state index is 13.9. The highest BCUT2D eigenvalue weighted by Crippen LogP contribution is 2.75. The number of rotatable bonds is 8. The van der Waals surface area contributed by atoms with Crippen LogP contribution in [0.15, 0.2) is 11.6 Å². The fourth-order valence-electron chi connectivity index (χ4n) is 9.13. The number of Topliss-reactive ketones (excluding diaryl/α,β-unsaturated/α-hetero) is 1. The molecular formula is C35H55N3O4. The van der Waals surface area contributed by atoms with Gasteiger partial charge in [0, 0.05) is 36.4 Å². The Hall–Kier alpha value is -2.20. The van der Waals surface area contributed by atoms with Gasteiger partial charge in [-0.1, -0.05) is 74.3 Å². The quantitative estimate of drug-likeness (QED) is 0.316. The van der Waals surface area contributed by atoms with Gasteiger partial charge in [-0.05, 0) is 73.7 Å². The maximum Gasteiger partial charge on any atom is 0.317 e. The van der Waals surface area contributed by atoms with Crippen molar-refractivity contribution in [2.24, 2.45) is 38.9 Å². The number of fused-ring (bicyclic) bond motifs is 5. The molecule has 0 aromatic rings. The molecule has 2 saturated carbocycles. The number of carbonyl (C=O) groups excluding carboxylic acids is 3. The van der Waals surface area contributed by atoms with Crippen molar-refractivity contribution < 1.29 is 19.1 Å². The molecule has 7 heteroatoms. The molecule has 234 valence electrons. The topological polar surface area (TPSA) is 103 Å². The Bertz CT molecular complexity index is 1240. The first-order valence-corrected chi connectivity index (χ1v) is 16.0. The van der Waals surface area contributed by atoms with E-state index in [1.165, 1.54) is 0 Å². The number of hydrogen-bond acceptors (Lipinski definition) is 5. The average Bonchev–Trinajstić information content (AvgIpc) is 3.68. The first kappa shape index (κ1) is 32.7. The molecule has 1 aliphatic heterocycles. The molecule has 0 aromatic carbocycles. The van der Waals surface area contributed by atoms with E-state index in [-0.39, 0.29) is 45.7 Å². The summed E-state index contributed by atoms with van der Waals surface area (Å²) in [4.78, 5) is 42.0. The Balaban J connectivity index is 1.73. The van der Waals surface area contributed by atoms with Crippen molar-refractivity contribution in [3.05, 3.63) is 11.6 Å². The lowest BCUT2D eigenvalue weighted by Gasteiger charge is -2.64. The highest BCUT2D eigenvalue weighted by Gasteiger charge is 2.82. The zero-order valence-corrected chi connectivity index (χ0v) is 28.3. The molecule has 8 atom stereocenters. The van der Waals surface area contributed by atoms with Gasteiger partial charge in [0.2, 0.25) is 5.60 Å². The van der Waals surface area contributed by atoms with Gasteiger partial charge in [0.1, 0.15) is 12.2 Å². The lowest BCUT2D eigenvalue weighted by Crippen LogP contribution is -2.64. The Labute approximate surface area is 254 Å². The Kier molecular flexibility index (Phi) is 7.72. The summed E-state index contributed by atoms with van der Waals surface area (Å²) in [5.74, 6) is -0.228. The number of amides is 2. The number of ether oxygens (including phenoxy) is 1. The van der Waals surface area contributed by atoms with E-state index in [0.29, 0.717) is 0 Å². The number of nitrogens with zero attached hydrogens (tertiary/aromatic N) is 2. The van der Waals surface area contributed by atoms with Crippen LogP contribution in [-0.2, 0) is 14.3 Å².